The van der Waals surface area contributed by atoms with Gasteiger partial charge in [0.15, 0.2) is 0 Å². The van der Waals surface area contributed by atoms with Gasteiger partial charge < -0.3 is 19.9 Å². The number of fused-ring (bicyclic) bond motifs is 13. The van der Waals surface area contributed by atoms with Crippen LogP contribution in [-0.2, 0) is 21.1 Å². The number of H-pyrrole nitrogens is 4. The zero-order valence-corrected chi connectivity index (χ0v) is 19.8. The first-order valence-electron chi connectivity index (χ1n) is 10.8. The maximum Gasteiger partial charge on any atom is 0.0492 e. The van der Waals surface area contributed by atoms with Crippen LogP contribution in [0.5, 0.6) is 0 Å². The summed E-state index contributed by atoms with van der Waals surface area (Å²) in [5, 5.41) is 9.27. The van der Waals surface area contributed by atoms with Crippen LogP contribution in [0.15, 0.2) is 72.8 Å². The van der Waals surface area contributed by atoms with Crippen molar-refractivity contribution in [3.63, 3.8) is 0 Å². The Kier molecular flexibility index (Phi) is 4.63. The molecule has 162 valence electrons. The summed E-state index contributed by atoms with van der Waals surface area (Å²) in [5.41, 5.74) is 4.25. The molecule has 4 aromatic heterocycles. The molecule has 0 amide bonds. The molecule has 5 heteroatoms. The molecule has 33 heavy (non-hydrogen) atoms. The van der Waals surface area contributed by atoms with E-state index in [0.717, 1.165) is 44.2 Å². The molecular formula is C28H20N4Pt. The second-order valence-electron chi connectivity index (χ2n) is 8.35. The van der Waals surface area contributed by atoms with Gasteiger partial charge in [-0.15, -0.1) is 0 Å². The van der Waals surface area contributed by atoms with Crippen molar-refractivity contribution in [2.75, 3.05) is 0 Å². The fourth-order valence-electron chi connectivity index (χ4n) is 4.72. The predicted octanol–water partition coefficient (Wildman–Crippen LogP) is 2.93. The second-order valence-corrected chi connectivity index (χ2v) is 8.35. The molecule has 7 rings (SSSR count). The summed E-state index contributed by atoms with van der Waals surface area (Å²) in [6, 6.07) is 25.6. The van der Waals surface area contributed by atoms with E-state index in [0.29, 0.717) is 0 Å². The molecule has 0 saturated heterocycles. The van der Waals surface area contributed by atoms with Gasteiger partial charge in [-0.05, 0) is 71.5 Å². The van der Waals surface area contributed by atoms with Gasteiger partial charge in [0.25, 0.3) is 0 Å². The summed E-state index contributed by atoms with van der Waals surface area (Å²) in [4.78, 5) is 14.2. The Bertz CT molecular complexity index is 1890. The molecule has 2 aromatic carbocycles. The standard InChI is InChI=1S/C28H20N4.Pt/c1-2-4-24-17(3-1)5-12-25-26-15-22-10-8-20(30-22)13-18-6-7-19(29-18)14-21-9-11-23(31-21)16-27(32-26)28(24)25;/h1-16,29-32H;. The van der Waals surface area contributed by atoms with Crippen molar-refractivity contribution in [2.24, 2.45) is 0 Å². The van der Waals surface area contributed by atoms with Crippen LogP contribution in [-0.4, -0.2) is 19.9 Å². The molecule has 0 spiro atoms. The Morgan fingerprint density at radius 1 is 0.424 bits per heavy atom. The Balaban J connectivity index is 0.00000206. The van der Waals surface area contributed by atoms with Crippen molar-refractivity contribution in [1.29, 1.82) is 0 Å². The molecule has 0 saturated carbocycles. The minimum absolute atomic E-state index is 0. The van der Waals surface area contributed by atoms with Crippen LogP contribution in [0.3, 0.4) is 0 Å². The number of aromatic amines is 4. The van der Waals surface area contributed by atoms with Gasteiger partial charge in [0.1, 0.15) is 0 Å². The third-order valence-electron chi connectivity index (χ3n) is 6.17. The number of rotatable bonds is 0. The first-order valence-corrected chi connectivity index (χ1v) is 10.8. The normalized spacial score (nSPS) is 12.4. The van der Waals surface area contributed by atoms with E-state index in [1.165, 1.54) is 21.5 Å². The topological polar surface area (TPSA) is 63.2 Å². The Morgan fingerprint density at radius 3 is 1.73 bits per heavy atom. The predicted molar refractivity (Wildman–Crippen MR) is 131 cm³/mol. The number of nitrogens with one attached hydrogen (secondary N) is 4. The van der Waals surface area contributed by atoms with E-state index in [1.807, 2.05) is 0 Å². The van der Waals surface area contributed by atoms with Gasteiger partial charge in [0.2, 0.25) is 0 Å². The number of aromatic nitrogens is 4. The van der Waals surface area contributed by atoms with Crippen molar-refractivity contribution in [2.45, 2.75) is 0 Å². The molecule has 0 atom stereocenters. The van der Waals surface area contributed by atoms with Crippen LogP contribution in [0.25, 0.3) is 45.8 Å². The summed E-state index contributed by atoms with van der Waals surface area (Å²) in [6.07, 6.45) is 8.64. The van der Waals surface area contributed by atoms with Crippen molar-refractivity contribution >= 4 is 45.8 Å². The summed E-state index contributed by atoms with van der Waals surface area (Å²) >= 11 is 0. The molecule has 4 nitrogen and oxygen atoms in total. The average Bonchev–Trinajstić information content (AvgIpc) is 3.59. The van der Waals surface area contributed by atoms with Crippen LogP contribution >= 0.6 is 0 Å². The molecule has 1 aliphatic heterocycles. The Labute approximate surface area is 203 Å². The van der Waals surface area contributed by atoms with E-state index < -0.39 is 0 Å². The van der Waals surface area contributed by atoms with Crippen LogP contribution in [0.2, 0.25) is 0 Å². The molecule has 0 aliphatic carbocycles. The monoisotopic (exact) mass is 607 g/mol. The SMILES string of the molecule is C1=c2ccc([nH]2)=Cc2ccc([nH]2)C=c2[nH]c(c3ccc4ccccc4c23)=Cc2ccc1[nH]2.[Pt]. The fourth-order valence-corrected chi connectivity index (χ4v) is 4.72. The molecule has 6 aromatic rings. The number of hydrogen-bond donors (Lipinski definition) is 4. The van der Waals surface area contributed by atoms with Crippen LogP contribution in [0, 0.1) is 0 Å². The van der Waals surface area contributed by atoms with E-state index in [2.05, 4.69) is 117 Å². The first kappa shape index (κ1) is 19.9. The average molecular weight is 608 g/mol. The third kappa shape index (κ3) is 3.44. The molecule has 0 fully saturated rings. The zero-order chi connectivity index (χ0) is 21.1. The molecular weight excluding hydrogens is 587 g/mol. The quantitative estimate of drug-likeness (QED) is 0.205. The largest absolute Gasteiger partial charge is 0.355 e. The smallest absolute Gasteiger partial charge is 0.0492 e. The van der Waals surface area contributed by atoms with Gasteiger partial charge >= 0.3 is 0 Å². The third-order valence-corrected chi connectivity index (χ3v) is 6.17. The summed E-state index contributed by atoms with van der Waals surface area (Å²) in [6.45, 7) is 0. The van der Waals surface area contributed by atoms with Gasteiger partial charge in [-0.1, -0.05) is 36.4 Å². The van der Waals surface area contributed by atoms with Crippen molar-refractivity contribution < 1.29 is 21.1 Å². The van der Waals surface area contributed by atoms with Crippen LogP contribution < -0.4 is 21.4 Å². The summed E-state index contributed by atoms with van der Waals surface area (Å²) in [5.74, 6) is 0. The van der Waals surface area contributed by atoms with Crippen molar-refractivity contribution in [3.8, 4) is 0 Å². The number of hydrogen-bond acceptors (Lipinski definition) is 0. The van der Waals surface area contributed by atoms with E-state index in [-0.39, 0.29) is 21.1 Å². The van der Waals surface area contributed by atoms with Gasteiger partial charge in [-0.25, -0.2) is 0 Å². The van der Waals surface area contributed by atoms with Gasteiger partial charge in [0.05, 0.1) is 0 Å². The maximum atomic E-state index is 3.68. The van der Waals surface area contributed by atoms with E-state index in [9.17, 15) is 0 Å². The van der Waals surface area contributed by atoms with Crippen molar-refractivity contribution in [3.05, 3.63) is 117 Å². The Morgan fingerprint density at radius 2 is 1.03 bits per heavy atom. The molecule has 0 radical (unpaired) electrons. The van der Waals surface area contributed by atoms with Crippen LogP contribution in [0.4, 0.5) is 0 Å². The first-order chi connectivity index (χ1) is 15.8. The van der Waals surface area contributed by atoms with E-state index in [4.69, 9.17) is 0 Å². The zero-order valence-electron chi connectivity index (χ0n) is 17.6. The molecule has 8 bridgehead atoms. The Hall–Kier alpha value is -3.75. The molecule has 5 heterocycles. The molecule has 1 aliphatic rings. The molecule has 0 unspecified atom stereocenters. The van der Waals surface area contributed by atoms with Gasteiger partial charge in [-0.3, -0.25) is 0 Å². The van der Waals surface area contributed by atoms with E-state index >= 15 is 0 Å². The minimum Gasteiger partial charge on any atom is -0.355 e. The molecule has 4 N–H and O–H groups in total. The van der Waals surface area contributed by atoms with Crippen LogP contribution in [0.1, 0.15) is 22.8 Å². The summed E-state index contributed by atoms with van der Waals surface area (Å²) in [7, 11) is 0. The minimum atomic E-state index is 0. The van der Waals surface area contributed by atoms with E-state index in [1.54, 1.807) is 0 Å². The van der Waals surface area contributed by atoms with Gasteiger partial charge in [-0.2, -0.15) is 0 Å². The number of benzene rings is 2. The maximum absolute atomic E-state index is 3.68. The fraction of sp³-hybridized carbons (Fsp3) is 0. The van der Waals surface area contributed by atoms with Gasteiger partial charge in [0, 0.05) is 76.0 Å². The second kappa shape index (κ2) is 7.68. The summed E-state index contributed by atoms with van der Waals surface area (Å²) < 4.78 is 0. The van der Waals surface area contributed by atoms with Crippen molar-refractivity contribution in [1.82, 2.24) is 19.9 Å².